The first kappa shape index (κ1) is 19.2. The van der Waals surface area contributed by atoms with E-state index in [2.05, 4.69) is 0 Å². The Morgan fingerprint density at radius 2 is 1.30 bits per heavy atom. The first-order valence-electron chi connectivity index (χ1n) is 9.47. The molecule has 0 heterocycles. The van der Waals surface area contributed by atoms with Crippen LogP contribution in [0, 0.1) is 10.1 Å². The van der Waals surface area contributed by atoms with Crippen molar-refractivity contribution in [2.75, 3.05) is 0 Å². The number of hydrogen-bond acceptors (Lipinski definition) is 4. The molecule has 0 radical (unpaired) electrons. The molecule has 148 valence electrons. The first-order chi connectivity index (χ1) is 14.7. The summed E-state index contributed by atoms with van der Waals surface area (Å²) in [5, 5.41) is 11.7. The van der Waals surface area contributed by atoms with E-state index in [1.165, 1.54) is 6.07 Å². The fourth-order valence-corrected chi connectivity index (χ4v) is 3.06. The second-order valence-corrected chi connectivity index (χ2v) is 6.65. The average molecular weight is 397 g/mol. The van der Waals surface area contributed by atoms with Crippen molar-refractivity contribution in [2.45, 2.75) is 6.61 Å². The van der Waals surface area contributed by atoms with E-state index < -0.39 is 0 Å². The van der Waals surface area contributed by atoms with E-state index in [-0.39, 0.29) is 10.6 Å². The maximum absolute atomic E-state index is 11.7. The second kappa shape index (κ2) is 8.92. The van der Waals surface area contributed by atoms with Crippen LogP contribution in [-0.4, -0.2) is 4.92 Å². The van der Waals surface area contributed by atoms with E-state index in [1.54, 1.807) is 24.3 Å². The summed E-state index contributed by atoms with van der Waals surface area (Å²) in [4.78, 5) is 11.3. The Balaban J connectivity index is 1.53. The summed E-state index contributed by atoms with van der Waals surface area (Å²) in [6.45, 7) is 0.350. The number of hydrogen-bond donors (Lipinski definition) is 0. The molecule has 0 aliphatic heterocycles. The summed E-state index contributed by atoms with van der Waals surface area (Å²) in [5.41, 5.74) is 2.26. The molecule has 0 saturated heterocycles. The molecule has 4 rings (SSSR count). The van der Waals surface area contributed by atoms with Crippen LogP contribution in [0.5, 0.6) is 17.2 Å². The zero-order valence-electron chi connectivity index (χ0n) is 16.1. The van der Waals surface area contributed by atoms with Gasteiger partial charge in [0.1, 0.15) is 23.9 Å². The van der Waals surface area contributed by atoms with Crippen LogP contribution in [-0.2, 0) is 6.61 Å². The van der Waals surface area contributed by atoms with Gasteiger partial charge in [0.05, 0.1) is 16.6 Å². The van der Waals surface area contributed by atoms with Gasteiger partial charge in [0.15, 0.2) is 0 Å². The lowest BCUT2D eigenvalue weighted by molar-refractivity contribution is -0.384. The number of nitrogens with zero attached hydrogens (tertiary/aromatic N) is 1. The van der Waals surface area contributed by atoms with Crippen LogP contribution in [0.3, 0.4) is 0 Å². The van der Waals surface area contributed by atoms with Crippen molar-refractivity contribution in [3.63, 3.8) is 0 Å². The monoisotopic (exact) mass is 397 g/mol. The zero-order chi connectivity index (χ0) is 20.8. The molecule has 4 aromatic carbocycles. The number of nitro benzene ring substituents is 1. The van der Waals surface area contributed by atoms with Crippen molar-refractivity contribution in [1.29, 1.82) is 0 Å². The highest BCUT2D eigenvalue weighted by Gasteiger charge is 2.17. The molecule has 0 unspecified atom stereocenters. The van der Waals surface area contributed by atoms with E-state index in [0.717, 1.165) is 16.9 Å². The Kier molecular flexibility index (Phi) is 5.71. The number of para-hydroxylation sites is 1. The molecule has 0 spiro atoms. The highest BCUT2D eigenvalue weighted by Crippen LogP contribution is 2.34. The standard InChI is InChI=1S/C25H19NO4/c27-26(28)25-17-23(29-18-19-7-3-1-4-8-19)15-16-24(25)20-11-13-22(14-12-20)30-21-9-5-2-6-10-21/h1-17H,18H2. The summed E-state index contributed by atoms with van der Waals surface area (Å²) in [5.74, 6) is 1.85. The molecular formula is C25H19NO4. The summed E-state index contributed by atoms with van der Waals surface area (Å²) < 4.78 is 11.5. The van der Waals surface area contributed by atoms with Crippen molar-refractivity contribution in [1.82, 2.24) is 0 Å². The normalized spacial score (nSPS) is 10.4. The number of ether oxygens (including phenoxy) is 2. The van der Waals surface area contributed by atoms with E-state index in [0.29, 0.717) is 23.7 Å². The lowest BCUT2D eigenvalue weighted by Crippen LogP contribution is -1.97. The molecule has 0 fully saturated rings. The minimum Gasteiger partial charge on any atom is -0.489 e. The van der Waals surface area contributed by atoms with Crippen LogP contribution < -0.4 is 9.47 Å². The van der Waals surface area contributed by atoms with Crippen LogP contribution in [0.1, 0.15) is 5.56 Å². The third kappa shape index (κ3) is 4.64. The van der Waals surface area contributed by atoms with Crippen molar-refractivity contribution >= 4 is 5.69 Å². The summed E-state index contributed by atoms with van der Waals surface area (Å²) in [6, 6.07) is 31.3. The highest BCUT2D eigenvalue weighted by molar-refractivity contribution is 5.75. The molecule has 0 bridgehead atoms. The van der Waals surface area contributed by atoms with Crippen molar-refractivity contribution in [3.8, 4) is 28.4 Å². The molecule has 0 aliphatic carbocycles. The van der Waals surface area contributed by atoms with Crippen LogP contribution >= 0.6 is 0 Å². The van der Waals surface area contributed by atoms with E-state index >= 15 is 0 Å². The van der Waals surface area contributed by atoms with Crippen LogP contribution in [0.25, 0.3) is 11.1 Å². The van der Waals surface area contributed by atoms with Gasteiger partial charge in [-0.3, -0.25) is 10.1 Å². The lowest BCUT2D eigenvalue weighted by atomic mass is 10.0. The number of rotatable bonds is 7. The van der Waals surface area contributed by atoms with Crippen LogP contribution in [0.2, 0.25) is 0 Å². The van der Waals surface area contributed by atoms with Crippen LogP contribution in [0.15, 0.2) is 103 Å². The third-order valence-corrected chi connectivity index (χ3v) is 4.56. The Labute approximate surface area is 174 Å². The molecule has 0 aliphatic rings. The fraction of sp³-hybridized carbons (Fsp3) is 0.0400. The average Bonchev–Trinajstić information content (AvgIpc) is 2.79. The van der Waals surface area contributed by atoms with Gasteiger partial charge in [-0.15, -0.1) is 0 Å². The van der Waals surface area contributed by atoms with Gasteiger partial charge in [0, 0.05) is 0 Å². The maximum atomic E-state index is 11.7. The molecule has 0 amide bonds. The van der Waals surface area contributed by atoms with Gasteiger partial charge in [-0.1, -0.05) is 60.7 Å². The summed E-state index contributed by atoms with van der Waals surface area (Å²) >= 11 is 0. The number of benzene rings is 4. The highest BCUT2D eigenvalue weighted by atomic mass is 16.6. The van der Waals surface area contributed by atoms with E-state index in [4.69, 9.17) is 9.47 Å². The predicted molar refractivity (Wildman–Crippen MR) is 116 cm³/mol. The van der Waals surface area contributed by atoms with Crippen molar-refractivity contribution in [2.24, 2.45) is 0 Å². The quantitative estimate of drug-likeness (QED) is 0.259. The zero-order valence-corrected chi connectivity index (χ0v) is 16.1. The Morgan fingerprint density at radius 3 is 1.97 bits per heavy atom. The maximum Gasteiger partial charge on any atom is 0.280 e. The third-order valence-electron chi connectivity index (χ3n) is 4.56. The largest absolute Gasteiger partial charge is 0.489 e. The van der Waals surface area contributed by atoms with Crippen molar-refractivity contribution in [3.05, 3.63) is 119 Å². The molecule has 0 atom stereocenters. The predicted octanol–water partition coefficient (Wildman–Crippen LogP) is 6.63. The Hall–Kier alpha value is -4.12. The van der Waals surface area contributed by atoms with Gasteiger partial charge >= 0.3 is 0 Å². The molecule has 5 heteroatoms. The van der Waals surface area contributed by atoms with Gasteiger partial charge < -0.3 is 9.47 Å². The smallest absolute Gasteiger partial charge is 0.280 e. The second-order valence-electron chi connectivity index (χ2n) is 6.65. The minimum absolute atomic E-state index is 0.00251. The SMILES string of the molecule is O=[N+]([O-])c1cc(OCc2ccccc2)ccc1-c1ccc(Oc2ccccc2)cc1. The molecule has 4 aromatic rings. The van der Waals surface area contributed by atoms with Gasteiger partial charge in [0.25, 0.3) is 5.69 Å². The van der Waals surface area contributed by atoms with E-state index in [9.17, 15) is 10.1 Å². The molecule has 30 heavy (non-hydrogen) atoms. The fourth-order valence-electron chi connectivity index (χ4n) is 3.06. The van der Waals surface area contributed by atoms with Gasteiger partial charge in [-0.2, -0.15) is 0 Å². The Morgan fingerprint density at radius 1 is 0.700 bits per heavy atom. The van der Waals surface area contributed by atoms with Crippen LogP contribution in [0.4, 0.5) is 5.69 Å². The topological polar surface area (TPSA) is 61.6 Å². The van der Waals surface area contributed by atoms with E-state index in [1.807, 2.05) is 72.8 Å². The number of nitro groups is 1. The Bertz CT molecular complexity index is 1130. The summed E-state index contributed by atoms with van der Waals surface area (Å²) in [6.07, 6.45) is 0. The van der Waals surface area contributed by atoms with Gasteiger partial charge in [-0.25, -0.2) is 0 Å². The summed E-state index contributed by atoms with van der Waals surface area (Å²) in [7, 11) is 0. The molecular weight excluding hydrogens is 378 g/mol. The molecule has 0 saturated carbocycles. The molecule has 5 nitrogen and oxygen atoms in total. The molecule has 0 N–H and O–H groups in total. The lowest BCUT2D eigenvalue weighted by Gasteiger charge is -2.10. The van der Waals surface area contributed by atoms with Crippen molar-refractivity contribution < 1.29 is 14.4 Å². The van der Waals surface area contributed by atoms with Gasteiger partial charge in [-0.05, 0) is 47.5 Å². The molecule has 0 aromatic heterocycles. The first-order valence-corrected chi connectivity index (χ1v) is 9.47. The van der Waals surface area contributed by atoms with Gasteiger partial charge in [0.2, 0.25) is 0 Å². The minimum atomic E-state index is -0.390.